The smallest absolute Gasteiger partial charge is 0.335 e. The number of carboxylic acid groups (broad SMARTS) is 1. The fourth-order valence-electron chi connectivity index (χ4n) is 5.53. The van der Waals surface area contributed by atoms with Crippen LogP contribution in [0.1, 0.15) is 22.3 Å². The summed E-state index contributed by atoms with van der Waals surface area (Å²) in [6.45, 7) is 7.95. The van der Waals surface area contributed by atoms with Crippen molar-refractivity contribution < 1.29 is 9.90 Å². The molecule has 0 aliphatic heterocycles. The van der Waals surface area contributed by atoms with Crippen molar-refractivity contribution in [2.75, 3.05) is 4.90 Å². The number of fused-ring (bicyclic) bond motifs is 6. The second-order valence-corrected chi connectivity index (χ2v) is 10.1. The Hall–Kier alpha value is -5.40. The van der Waals surface area contributed by atoms with E-state index in [2.05, 4.69) is 41.8 Å². The third-order valence-electron chi connectivity index (χ3n) is 7.51. The average molecular weight is 519 g/mol. The Morgan fingerprint density at radius 3 is 1.65 bits per heavy atom. The largest absolute Gasteiger partial charge is 0.478 e. The molecule has 4 heteroatoms. The maximum atomic E-state index is 12.3. The lowest BCUT2D eigenvalue weighted by Crippen LogP contribution is -2.14. The van der Waals surface area contributed by atoms with Crippen LogP contribution in [0.4, 0.5) is 17.1 Å². The van der Waals surface area contributed by atoms with E-state index in [4.69, 9.17) is 0 Å². The molecule has 0 unspecified atom stereocenters. The molecular weight excluding hydrogens is 492 g/mol. The predicted octanol–water partition coefficient (Wildman–Crippen LogP) is 9.20. The summed E-state index contributed by atoms with van der Waals surface area (Å²) in [4.78, 5) is 14.3. The minimum Gasteiger partial charge on any atom is -0.478 e. The molecule has 0 aliphatic rings. The van der Waals surface area contributed by atoms with Crippen molar-refractivity contribution in [2.45, 2.75) is 13.8 Å². The summed E-state index contributed by atoms with van der Waals surface area (Å²) in [6, 6.07) is 36.8. The molecule has 4 nitrogen and oxygen atoms in total. The first-order valence-corrected chi connectivity index (χ1v) is 13.1. The Morgan fingerprint density at radius 1 is 0.725 bits per heavy atom. The first-order valence-electron chi connectivity index (χ1n) is 13.1. The van der Waals surface area contributed by atoms with Crippen LogP contribution in [-0.2, 0) is 4.79 Å². The van der Waals surface area contributed by atoms with E-state index in [-0.39, 0.29) is 11.1 Å². The van der Waals surface area contributed by atoms with E-state index in [1.807, 2.05) is 92.7 Å². The van der Waals surface area contributed by atoms with Crippen LogP contribution in [0.2, 0.25) is 0 Å². The molecule has 1 N–H and O–H groups in total. The van der Waals surface area contributed by atoms with Gasteiger partial charge in [-0.15, -0.1) is 0 Å². The van der Waals surface area contributed by atoms with Crippen LogP contribution in [0.3, 0.4) is 0 Å². The van der Waals surface area contributed by atoms with E-state index < -0.39 is 5.97 Å². The molecule has 0 heterocycles. The summed E-state index contributed by atoms with van der Waals surface area (Å²) >= 11 is 0. The van der Waals surface area contributed by atoms with E-state index in [1.54, 1.807) is 0 Å². The first-order chi connectivity index (χ1) is 19.4. The molecule has 0 atom stereocenters. The van der Waals surface area contributed by atoms with Crippen molar-refractivity contribution in [1.29, 1.82) is 5.26 Å². The second-order valence-electron chi connectivity index (χ2n) is 10.1. The van der Waals surface area contributed by atoms with E-state index >= 15 is 0 Å². The highest BCUT2D eigenvalue weighted by Gasteiger charge is 2.27. The first kappa shape index (κ1) is 24.9. The molecule has 0 spiro atoms. The Morgan fingerprint density at radius 2 is 1.18 bits per heavy atom. The normalized spacial score (nSPS) is 11.0. The quantitative estimate of drug-likeness (QED) is 0.182. The molecule has 6 rings (SSSR count). The maximum Gasteiger partial charge on any atom is 0.335 e. The number of nitriles is 1. The third-order valence-corrected chi connectivity index (χ3v) is 7.51. The van der Waals surface area contributed by atoms with Gasteiger partial charge in [0.05, 0.1) is 16.8 Å². The van der Waals surface area contributed by atoms with Gasteiger partial charge >= 0.3 is 5.97 Å². The van der Waals surface area contributed by atoms with Crippen LogP contribution < -0.4 is 4.90 Å². The summed E-state index contributed by atoms with van der Waals surface area (Å²) in [6.07, 6.45) is 0. The summed E-state index contributed by atoms with van der Waals surface area (Å²) in [7, 11) is 0. The molecule has 0 fully saturated rings. The van der Waals surface area contributed by atoms with Gasteiger partial charge in [0.2, 0.25) is 0 Å². The molecule has 0 amide bonds. The lowest BCUT2D eigenvalue weighted by Gasteiger charge is -2.30. The Balaban J connectivity index is 1.90. The van der Waals surface area contributed by atoms with Crippen LogP contribution >= 0.6 is 0 Å². The predicted molar refractivity (Wildman–Crippen MR) is 165 cm³/mol. The number of nitrogens with zero attached hydrogens (tertiary/aromatic N) is 2. The molecule has 40 heavy (non-hydrogen) atoms. The van der Waals surface area contributed by atoms with Gasteiger partial charge in [-0.2, -0.15) is 5.26 Å². The van der Waals surface area contributed by atoms with Crippen LogP contribution in [-0.4, -0.2) is 11.1 Å². The number of hydrogen-bond acceptors (Lipinski definition) is 3. The van der Waals surface area contributed by atoms with Crippen molar-refractivity contribution in [1.82, 2.24) is 0 Å². The molecule has 192 valence electrons. The topological polar surface area (TPSA) is 64.3 Å². The molecule has 0 bridgehead atoms. The highest BCUT2D eigenvalue weighted by Crippen LogP contribution is 2.48. The molecule has 0 saturated heterocycles. The van der Waals surface area contributed by atoms with Crippen LogP contribution in [0.5, 0.6) is 0 Å². The van der Waals surface area contributed by atoms with Gasteiger partial charge in [-0.1, -0.05) is 90.5 Å². The minimum atomic E-state index is -1.16. The Kier molecular flexibility index (Phi) is 6.06. The van der Waals surface area contributed by atoms with Crippen molar-refractivity contribution in [2.24, 2.45) is 0 Å². The summed E-state index contributed by atoms with van der Waals surface area (Å²) in [5, 5.41) is 26.5. The van der Waals surface area contributed by atoms with Crippen molar-refractivity contribution in [3.63, 3.8) is 0 Å². The van der Waals surface area contributed by atoms with Crippen LogP contribution in [0.25, 0.3) is 37.9 Å². The number of rotatable bonds is 5. The highest BCUT2D eigenvalue weighted by atomic mass is 16.4. The SMILES string of the molecule is C=C(C(=O)O)c1cc2c3ccccc3c3ccccc3c2c(N(c2ccc(C)cc2)c2ccc(C)cc2)c1C#N. The number of carboxylic acids is 1. The molecule has 0 saturated carbocycles. The van der Waals surface area contributed by atoms with E-state index in [0.29, 0.717) is 11.3 Å². The fraction of sp³-hybridized carbons (Fsp3) is 0.0556. The molecule has 0 radical (unpaired) electrons. The van der Waals surface area contributed by atoms with Gasteiger partial charge in [0, 0.05) is 22.3 Å². The van der Waals surface area contributed by atoms with Gasteiger partial charge in [0.15, 0.2) is 0 Å². The van der Waals surface area contributed by atoms with E-state index in [0.717, 1.165) is 54.8 Å². The zero-order valence-corrected chi connectivity index (χ0v) is 22.3. The summed E-state index contributed by atoms with van der Waals surface area (Å²) in [5.41, 5.74) is 5.04. The Bertz CT molecular complexity index is 1970. The molecule has 0 aromatic heterocycles. The van der Waals surface area contributed by atoms with E-state index in [1.165, 1.54) is 0 Å². The number of aryl methyl sites for hydroxylation is 2. The molecule has 6 aromatic carbocycles. The maximum absolute atomic E-state index is 12.3. The third kappa shape index (κ3) is 3.97. The summed E-state index contributed by atoms with van der Waals surface area (Å²) < 4.78 is 0. The Labute approximate surface area is 232 Å². The van der Waals surface area contributed by atoms with Gasteiger partial charge in [-0.3, -0.25) is 0 Å². The zero-order valence-electron chi connectivity index (χ0n) is 22.3. The van der Waals surface area contributed by atoms with Gasteiger partial charge in [0.1, 0.15) is 6.07 Å². The van der Waals surface area contributed by atoms with Gasteiger partial charge in [-0.25, -0.2) is 4.79 Å². The second kappa shape index (κ2) is 9.72. The van der Waals surface area contributed by atoms with Gasteiger partial charge in [0.25, 0.3) is 0 Å². The lowest BCUT2D eigenvalue weighted by molar-refractivity contribution is -0.130. The van der Waals surface area contributed by atoms with Crippen LogP contribution in [0, 0.1) is 25.2 Å². The monoisotopic (exact) mass is 518 g/mol. The van der Waals surface area contributed by atoms with Gasteiger partial charge < -0.3 is 10.0 Å². The fourth-order valence-corrected chi connectivity index (χ4v) is 5.53. The highest BCUT2D eigenvalue weighted by molar-refractivity contribution is 6.31. The number of carbonyl (C=O) groups is 1. The number of hydrogen-bond donors (Lipinski definition) is 1. The standard InChI is InChI=1S/C36H26N2O2/c1-22-12-16-25(17-13-22)38(26-18-14-23(2)15-19-26)35-33(21-37)31(24(3)36(39)40)20-32-29-10-5-4-8-27(29)28-9-6-7-11-30(28)34(32)35/h4-20H,3H2,1-2H3,(H,39,40). The summed E-state index contributed by atoms with van der Waals surface area (Å²) in [5.74, 6) is -1.16. The van der Waals surface area contributed by atoms with E-state index in [9.17, 15) is 15.2 Å². The average Bonchev–Trinajstić information content (AvgIpc) is 2.98. The van der Waals surface area contributed by atoms with Crippen molar-refractivity contribution in [3.8, 4) is 6.07 Å². The molecule has 6 aromatic rings. The lowest BCUT2D eigenvalue weighted by atomic mass is 9.87. The minimum absolute atomic E-state index is 0.121. The van der Waals surface area contributed by atoms with Crippen LogP contribution in [0.15, 0.2) is 110 Å². The number of anilines is 3. The zero-order chi connectivity index (χ0) is 28.0. The number of benzene rings is 6. The van der Waals surface area contributed by atoms with Crippen molar-refractivity contribution in [3.05, 3.63) is 132 Å². The molecular formula is C36H26N2O2. The number of aliphatic carboxylic acids is 1. The van der Waals surface area contributed by atoms with Gasteiger partial charge in [-0.05, 0) is 71.1 Å². The van der Waals surface area contributed by atoms with Crippen molar-refractivity contribution >= 4 is 60.9 Å². The molecule has 0 aliphatic carbocycles.